The molecule has 6 nitrogen and oxygen atoms in total. The van der Waals surface area contributed by atoms with Crippen molar-refractivity contribution in [1.82, 2.24) is 20.0 Å². The van der Waals surface area contributed by atoms with E-state index >= 15 is 0 Å². The number of rotatable bonds is 7. The first-order chi connectivity index (χ1) is 14.1. The van der Waals surface area contributed by atoms with Gasteiger partial charge in [-0.1, -0.05) is 19.8 Å². The number of nitrogens with zero attached hydrogens (tertiary/aromatic N) is 3. The molecule has 2 saturated heterocycles. The van der Waals surface area contributed by atoms with Crippen molar-refractivity contribution in [2.24, 2.45) is 5.92 Å². The van der Waals surface area contributed by atoms with Crippen LogP contribution in [0.1, 0.15) is 71.6 Å². The standard InChI is InChI=1S/C23H42N4O2/c1-3-11-27-18-20(16-19-17-21(28)9-10-22(19)27)24-23(29)26(4-2)15-14-25-12-7-5-6-8-13-25/h19-20,22H,3-18H2,1-2H3,(H,24,29)/t19-,20+,22-/m1/s1. The number of ketones is 1. The van der Waals surface area contributed by atoms with Crippen LogP contribution in [0.5, 0.6) is 0 Å². The molecule has 6 heteroatoms. The highest BCUT2D eigenvalue weighted by atomic mass is 16.2. The zero-order valence-electron chi connectivity index (χ0n) is 18.7. The zero-order chi connectivity index (χ0) is 20.6. The van der Waals surface area contributed by atoms with E-state index in [2.05, 4.69) is 29.0 Å². The Hall–Kier alpha value is -1.14. The third-order valence-electron chi connectivity index (χ3n) is 7.16. The van der Waals surface area contributed by atoms with Crippen LogP contribution >= 0.6 is 0 Å². The van der Waals surface area contributed by atoms with Crippen LogP contribution in [0.25, 0.3) is 0 Å². The van der Waals surface area contributed by atoms with Crippen molar-refractivity contribution in [2.75, 3.05) is 45.8 Å². The van der Waals surface area contributed by atoms with E-state index in [4.69, 9.17) is 0 Å². The van der Waals surface area contributed by atoms with Crippen LogP contribution in [-0.4, -0.2) is 84.4 Å². The van der Waals surface area contributed by atoms with Gasteiger partial charge >= 0.3 is 6.03 Å². The predicted molar refractivity (Wildman–Crippen MR) is 117 cm³/mol. The molecular formula is C23H42N4O2. The van der Waals surface area contributed by atoms with Crippen molar-refractivity contribution in [2.45, 2.75) is 83.7 Å². The number of carbonyl (C=O) groups is 2. The largest absolute Gasteiger partial charge is 0.334 e. The van der Waals surface area contributed by atoms with Gasteiger partial charge in [-0.25, -0.2) is 4.79 Å². The van der Waals surface area contributed by atoms with Gasteiger partial charge in [-0.05, 0) is 64.6 Å². The van der Waals surface area contributed by atoms with E-state index < -0.39 is 0 Å². The number of likely N-dealkylation sites (N-methyl/N-ethyl adjacent to an activating group) is 1. The number of piperidine rings is 1. The van der Waals surface area contributed by atoms with Crippen LogP contribution in [0.2, 0.25) is 0 Å². The topological polar surface area (TPSA) is 55.9 Å². The Morgan fingerprint density at radius 2 is 1.90 bits per heavy atom. The lowest BCUT2D eigenvalue weighted by Gasteiger charge is -2.47. The van der Waals surface area contributed by atoms with Gasteiger partial charge in [-0.2, -0.15) is 0 Å². The summed E-state index contributed by atoms with van der Waals surface area (Å²) in [4.78, 5) is 32.0. The number of carbonyl (C=O) groups excluding carboxylic acids is 2. The Labute approximate surface area is 177 Å². The molecule has 3 atom stereocenters. The van der Waals surface area contributed by atoms with Gasteiger partial charge in [-0.3, -0.25) is 9.69 Å². The average Bonchev–Trinajstić information content (AvgIpc) is 2.97. The smallest absolute Gasteiger partial charge is 0.317 e. The van der Waals surface area contributed by atoms with Crippen LogP contribution < -0.4 is 5.32 Å². The highest BCUT2D eigenvalue weighted by Gasteiger charge is 2.39. The van der Waals surface area contributed by atoms with E-state index in [9.17, 15) is 9.59 Å². The molecule has 0 aromatic carbocycles. The highest BCUT2D eigenvalue weighted by Crippen LogP contribution is 2.34. The lowest BCUT2D eigenvalue weighted by Crippen LogP contribution is -2.59. The van der Waals surface area contributed by atoms with Crippen molar-refractivity contribution in [3.8, 4) is 0 Å². The Morgan fingerprint density at radius 3 is 2.59 bits per heavy atom. The van der Waals surface area contributed by atoms with Gasteiger partial charge in [0.2, 0.25) is 0 Å². The van der Waals surface area contributed by atoms with Crippen molar-refractivity contribution in [3.63, 3.8) is 0 Å². The molecule has 1 aliphatic carbocycles. The molecule has 3 fully saturated rings. The normalized spacial score (nSPS) is 29.2. The molecule has 2 heterocycles. The van der Waals surface area contributed by atoms with Gasteiger partial charge < -0.3 is 15.1 Å². The molecule has 2 amide bonds. The molecule has 166 valence electrons. The van der Waals surface area contributed by atoms with Crippen LogP contribution in [-0.2, 0) is 4.79 Å². The molecule has 2 aliphatic heterocycles. The number of nitrogens with one attached hydrogen (secondary N) is 1. The number of hydrogen-bond donors (Lipinski definition) is 1. The molecule has 0 spiro atoms. The summed E-state index contributed by atoms with van der Waals surface area (Å²) in [5.74, 6) is 0.816. The van der Waals surface area contributed by atoms with Crippen LogP contribution in [0.15, 0.2) is 0 Å². The maximum atomic E-state index is 13.0. The molecular weight excluding hydrogens is 364 g/mol. The fraction of sp³-hybridized carbons (Fsp3) is 0.913. The van der Waals surface area contributed by atoms with Crippen molar-refractivity contribution < 1.29 is 9.59 Å². The van der Waals surface area contributed by atoms with Crippen molar-refractivity contribution in [1.29, 1.82) is 0 Å². The van der Waals surface area contributed by atoms with Gasteiger partial charge in [-0.15, -0.1) is 0 Å². The van der Waals surface area contributed by atoms with E-state index in [-0.39, 0.29) is 12.1 Å². The molecule has 3 aliphatic rings. The van der Waals surface area contributed by atoms with Crippen molar-refractivity contribution in [3.05, 3.63) is 0 Å². The third kappa shape index (κ3) is 6.42. The third-order valence-corrected chi connectivity index (χ3v) is 7.16. The number of fused-ring (bicyclic) bond motifs is 1. The predicted octanol–water partition coefficient (Wildman–Crippen LogP) is 3.12. The Balaban J connectivity index is 1.52. The first-order valence-corrected chi connectivity index (χ1v) is 12.1. The van der Waals surface area contributed by atoms with Crippen molar-refractivity contribution >= 4 is 11.8 Å². The SMILES string of the molecule is CCCN1C[C@@H](NC(=O)N(CC)CCN2CCCCCC2)C[C@@H]2CC(=O)CC[C@H]21. The molecule has 1 saturated carbocycles. The zero-order valence-corrected chi connectivity index (χ0v) is 18.7. The van der Waals surface area contributed by atoms with E-state index in [1.807, 2.05) is 4.90 Å². The number of Topliss-reactive ketones (excluding diaryl/α,β-unsaturated/α-hetero) is 1. The molecule has 0 unspecified atom stereocenters. The summed E-state index contributed by atoms with van der Waals surface area (Å²) in [6, 6.07) is 0.768. The lowest BCUT2D eigenvalue weighted by molar-refractivity contribution is -0.124. The molecule has 0 aromatic rings. The molecule has 0 aromatic heterocycles. The second-order valence-electron chi connectivity index (χ2n) is 9.32. The second kappa shape index (κ2) is 11.3. The van der Waals surface area contributed by atoms with E-state index in [0.29, 0.717) is 24.2 Å². The summed E-state index contributed by atoms with van der Waals surface area (Å²) >= 11 is 0. The molecule has 1 N–H and O–H groups in total. The summed E-state index contributed by atoms with van der Waals surface area (Å²) in [5.41, 5.74) is 0. The van der Waals surface area contributed by atoms with Gasteiger partial charge in [0.1, 0.15) is 5.78 Å². The van der Waals surface area contributed by atoms with Crippen LogP contribution in [0.3, 0.4) is 0 Å². The fourth-order valence-corrected chi connectivity index (χ4v) is 5.59. The number of likely N-dealkylation sites (tertiary alicyclic amines) is 2. The quantitative estimate of drug-likeness (QED) is 0.706. The molecule has 0 radical (unpaired) electrons. The number of urea groups is 1. The summed E-state index contributed by atoms with van der Waals surface area (Å²) in [7, 11) is 0. The van der Waals surface area contributed by atoms with Gasteiger partial charge in [0.25, 0.3) is 0 Å². The summed E-state index contributed by atoms with van der Waals surface area (Å²) in [6.45, 7) is 11.2. The first-order valence-electron chi connectivity index (χ1n) is 12.1. The highest BCUT2D eigenvalue weighted by molar-refractivity contribution is 5.79. The minimum Gasteiger partial charge on any atom is -0.334 e. The maximum Gasteiger partial charge on any atom is 0.317 e. The summed E-state index contributed by atoms with van der Waals surface area (Å²) < 4.78 is 0. The maximum absolute atomic E-state index is 13.0. The number of hydrogen-bond acceptors (Lipinski definition) is 4. The van der Waals surface area contributed by atoms with Gasteiger partial charge in [0.15, 0.2) is 0 Å². The fourth-order valence-electron chi connectivity index (χ4n) is 5.59. The molecule has 29 heavy (non-hydrogen) atoms. The number of amides is 2. The average molecular weight is 407 g/mol. The molecule has 0 bridgehead atoms. The Bertz CT molecular complexity index is 533. The summed E-state index contributed by atoms with van der Waals surface area (Å²) in [6.07, 6.45) is 9.76. The summed E-state index contributed by atoms with van der Waals surface area (Å²) in [5, 5.41) is 3.32. The molecule has 3 rings (SSSR count). The first kappa shape index (κ1) is 22.5. The van der Waals surface area contributed by atoms with Crippen LogP contribution in [0, 0.1) is 5.92 Å². The minimum atomic E-state index is 0.0735. The second-order valence-corrected chi connectivity index (χ2v) is 9.32. The minimum absolute atomic E-state index is 0.0735. The van der Waals surface area contributed by atoms with Gasteiger partial charge in [0, 0.05) is 51.1 Å². The van der Waals surface area contributed by atoms with Gasteiger partial charge in [0.05, 0.1) is 0 Å². The van der Waals surface area contributed by atoms with E-state index in [1.54, 1.807) is 0 Å². The monoisotopic (exact) mass is 406 g/mol. The Morgan fingerprint density at radius 1 is 1.14 bits per heavy atom. The van der Waals surface area contributed by atoms with E-state index in [0.717, 1.165) is 58.4 Å². The van der Waals surface area contributed by atoms with Crippen LogP contribution in [0.4, 0.5) is 4.79 Å². The van der Waals surface area contributed by atoms with E-state index in [1.165, 1.54) is 38.8 Å². The lowest BCUT2D eigenvalue weighted by atomic mass is 9.76. The Kier molecular flexibility index (Phi) is 8.79.